The zero-order chi connectivity index (χ0) is 12.7. The minimum absolute atomic E-state index is 0.366. The summed E-state index contributed by atoms with van der Waals surface area (Å²) in [5.41, 5.74) is 6.58. The fraction of sp³-hybridized carbons (Fsp3) is 0.462. The molecule has 1 rings (SSSR count). The first-order chi connectivity index (χ1) is 8.11. The van der Waals surface area contributed by atoms with Crippen molar-refractivity contribution in [1.82, 2.24) is 4.90 Å². The standard InChI is InChI=1S/C13H20N2O2/c1-15(2)9-6-10-17-13(16)12(14)11-7-4-3-5-8-11/h3-5,7-8,12H,6,9-10,14H2,1-2H3. The maximum atomic E-state index is 11.6. The van der Waals surface area contributed by atoms with Gasteiger partial charge in [-0.3, -0.25) is 0 Å². The second kappa shape index (κ2) is 7.04. The van der Waals surface area contributed by atoms with Crippen LogP contribution in [-0.4, -0.2) is 38.1 Å². The molecule has 0 heterocycles. The van der Waals surface area contributed by atoms with Crippen molar-refractivity contribution in [2.24, 2.45) is 5.73 Å². The predicted octanol–water partition coefficient (Wildman–Crippen LogP) is 1.18. The van der Waals surface area contributed by atoms with E-state index in [1.54, 1.807) is 0 Å². The van der Waals surface area contributed by atoms with Crippen LogP contribution in [-0.2, 0) is 9.53 Å². The average Bonchev–Trinajstić information content (AvgIpc) is 2.34. The number of rotatable bonds is 6. The SMILES string of the molecule is CN(C)CCCOC(=O)C(N)c1ccccc1. The Morgan fingerprint density at radius 1 is 1.35 bits per heavy atom. The van der Waals surface area contributed by atoms with Crippen molar-refractivity contribution in [2.75, 3.05) is 27.2 Å². The molecule has 1 atom stereocenters. The van der Waals surface area contributed by atoms with E-state index in [1.807, 2.05) is 49.3 Å². The first kappa shape index (κ1) is 13.7. The average molecular weight is 236 g/mol. The van der Waals surface area contributed by atoms with Crippen LogP contribution in [0.25, 0.3) is 0 Å². The number of carbonyl (C=O) groups excluding carboxylic acids is 1. The third-order valence-electron chi connectivity index (χ3n) is 2.41. The highest BCUT2D eigenvalue weighted by atomic mass is 16.5. The molecule has 0 radical (unpaired) electrons. The summed E-state index contributed by atoms with van der Waals surface area (Å²) < 4.78 is 5.12. The fourth-order valence-corrected chi connectivity index (χ4v) is 1.44. The lowest BCUT2D eigenvalue weighted by Crippen LogP contribution is -2.25. The Morgan fingerprint density at radius 3 is 2.59 bits per heavy atom. The largest absolute Gasteiger partial charge is 0.464 e. The smallest absolute Gasteiger partial charge is 0.327 e. The van der Waals surface area contributed by atoms with Crippen molar-refractivity contribution in [3.05, 3.63) is 35.9 Å². The van der Waals surface area contributed by atoms with E-state index in [-0.39, 0.29) is 5.97 Å². The molecule has 0 saturated carbocycles. The molecular weight excluding hydrogens is 216 g/mol. The van der Waals surface area contributed by atoms with Crippen LogP contribution in [0.1, 0.15) is 18.0 Å². The van der Waals surface area contributed by atoms with Crippen LogP contribution in [0.3, 0.4) is 0 Å². The number of nitrogens with zero attached hydrogens (tertiary/aromatic N) is 1. The predicted molar refractivity (Wildman–Crippen MR) is 67.5 cm³/mol. The molecule has 0 saturated heterocycles. The second-order valence-electron chi connectivity index (χ2n) is 4.21. The van der Waals surface area contributed by atoms with Gasteiger partial charge in [0.1, 0.15) is 6.04 Å². The molecular formula is C13H20N2O2. The van der Waals surface area contributed by atoms with Gasteiger partial charge in [0.25, 0.3) is 0 Å². The molecule has 0 aromatic heterocycles. The molecule has 1 unspecified atom stereocenters. The molecule has 0 aliphatic carbocycles. The Hall–Kier alpha value is -1.39. The summed E-state index contributed by atoms with van der Waals surface area (Å²) in [6.07, 6.45) is 0.820. The van der Waals surface area contributed by atoms with Crippen molar-refractivity contribution < 1.29 is 9.53 Å². The van der Waals surface area contributed by atoms with Gasteiger partial charge in [-0.15, -0.1) is 0 Å². The molecule has 1 aromatic rings. The minimum atomic E-state index is -0.685. The van der Waals surface area contributed by atoms with Gasteiger partial charge in [-0.05, 0) is 26.1 Å². The van der Waals surface area contributed by atoms with E-state index in [0.717, 1.165) is 18.5 Å². The Morgan fingerprint density at radius 2 is 2.00 bits per heavy atom. The van der Waals surface area contributed by atoms with Gasteiger partial charge in [0.15, 0.2) is 0 Å². The first-order valence-electron chi connectivity index (χ1n) is 5.73. The summed E-state index contributed by atoms with van der Waals surface area (Å²) >= 11 is 0. The fourth-order valence-electron chi connectivity index (χ4n) is 1.44. The van der Waals surface area contributed by atoms with Crippen molar-refractivity contribution in [3.8, 4) is 0 Å². The summed E-state index contributed by atoms with van der Waals surface area (Å²) in [5.74, 6) is -0.366. The minimum Gasteiger partial charge on any atom is -0.464 e. The third-order valence-corrected chi connectivity index (χ3v) is 2.41. The number of esters is 1. The monoisotopic (exact) mass is 236 g/mol. The lowest BCUT2D eigenvalue weighted by molar-refractivity contribution is -0.145. The van der Waals surface area contributed by atoms with E-state index in [2.05, 4.69) is 0 Å². The van der Waals surface area contributed by atoms with Gasteiger partial charge in [0.2, 0.25) is 0 Å². The molecule has 0 aliphatic heterocycles. The lowest BCUT2D eigenvalue weighted by atomic mass is 10.1. The number of hydrogen-bond donors (Lipinski definition) is 1. The number of hydrogen-bond acceptors (Lipinski definition) is 4. The zero-order valence-electron chi connectivity index (χ0n) is 10.4. The van der Waals surface area contributed by atoms with Crippen LogP contribution >= 0.6 is 0 Å². The van der Waals surface area contributed by atoms with Crippen LogP contribution in [0, 0.1) is 0 Å². The van der Waals surface area contributed by atoms with Crippen LogP contribution in [0.5, 0.6) is 0 Å². The van der Waals surface area contributed by atoms with E-state index in [9.17, 15) is 4.79 Å². The summed E-state index contributed by atoms with van der Waals surface area (Å²) in [6.45, 7) is 1.31. The van der Waals surface area contributed by atoms with Gasteiger partial charge >= 0.3 is 5.97 Å². The Bertz CT molecular complexity index is 339. The third kappa shape index (κ3) is 4.97. The van der Waals surface area contributed by atoms with E-state index in [4.69, 9.17) is 10.5 Å². The highest BCUT2D eigenvalue weighted by Crippen LogP contribution is 2.10. The Balaban J connectivity index is 2.33. The first-order valence-corrected chi connectivity index (χ1v) is 5.73. The van der Waals surface area contributed by atoms with Crippen LogP contribution < -0.4 is 5.73 Å². The quantitative estimate of drug-likeness (QED) is 0.595. The molecule has 17 heavy (non-hydrogen) atoms. The molecule has 0 bridgehead atoms. The van der Waals surface area contributed by atoms with E-state index < -0.39 is 6.04 Å². The molecule has 1 aromatic carbocycles. The highest BCUT2D eigenvalue weighted by Gasteiger charge is 2.16. The van der Waals surface area contributed by atoms with Gasteiger partial charge < -0.3 is 15.4 Å². The summed E-state index contributed by atoms with van der Waals surface area (Å²) in [6, 6.07) is 8.56. The molecule has 4 nitrogen and oxygen atoms in total. The molecule has 0 aliphatic rings. The van der Waals surface area contributed by atoms with Gasteiger partial charge in [-0.2, -0.15) is 0 Å². The van der Waals surface area contributed by atoms with E-state index >= 15 is 0 Å². The summed E-state index contributed by atoms with van der Waals surface area (Å²) in [7, 11) is 3.97. The van der Waals surface area contributed by atoms with Crippen molar-refractivity contribution in [3.63, 3.8) is 0 Å². The Kier molecular flexibility index (Phi) is 5.66. The number of carbonyl (C=O) groups is 1. The van der Waals surface area contributed by atoms with E-state index in [0.29, 0.717) is 6.61 Å². The zero-order valence-corrected chi connectivity index (χ0v) is 10.4. The van der Waals surface area contributed by atoms with Crippen molar-refractivity contribution >= 4 is 5.97 Å². The van der Waals surface area contributed by atoms with Crippen molar-refractivity contribution in [2.45, 2.75) is 12.5 Å². The number of ether oxygens (including phenoxy) is 1. The lowest BCUT2D eigenvalue weighted by Gasteiger charge is -2.13. The molecule has 0 fully saturated rings. The number of benzene rings is 1. The normalized spacial score (nSPS) is 12.5. The van der Waals surface area contributed by atoms with E-state index in [1.165, 1.54) is 0 Å². The second-order valence-corrected chi connectivity index (χ2v) is 4.21. The molecule has 0 spiro atoms. The maximum absolute atomic E-state index is 11.6. The molecule has 4 heteroatoms. The maximum Gasteiger partial charge on any atom is 0.327 e. The molecule has 94 valence electrons. The van der Waals surface area contributed by atoms with Crippen LogP contribution in [0.4, 0.5) is 0 Å². The highest BCUT2D eigenvalue weighted by molar-refractivity contribution is 5.77. The Labute approximate surface area is 102 Å². The topological polar surface area (TPSA) is 55.6 Å². The van der Waals surface area contributed by atoms with Gasteiger partial charge in [0, 0.05) is 6.54 Å². The van der Waals surface area contributed by atoms with Crippen LogP contribution in [0.15, 0.2) is 30.3 Å². The molecule has 2 N–H and O–H groups in total. The van der Waals surface area contributed by atoms with Gasteiger partial charge in [0.05, 0.1) is 6.61 Å². The molecule has 0 amide bonds. The summed E-state index contributed by atoms with van der Waals surface area (Å²) in [4.78, 5) is 13.7. The summed E-state index contributed by atoms with van der Waals surface area (Å²) in [5, 5.41) is 0. The van der Waals surface area contributed by atoms with Crippen LogP contribution in [0.2, 0.25) is 0 Å². The van der Waals surface area contributed by atoms with Gasteiger partial charge in [-0.1, -0.05) is 30.3 Å². The van der Waals surface area contributed by atoms with Gasteiger partial charge in [-0.25, -0.2) is 4.79 Å². The van der Waals surface area contributed by atoms with Crippen molar-refractivity contribution in [1.29, 1.82) is 0 Å². The number of nitrogens with two attached hydrogens (primary N) is 1.